The molecule has 0 radical (unpaired) electrons. The molecule has 0 saturated heterocycles. The number of carbonyl (C=O) groups excluding carboxylic acids is 2. The molecule has 2 amide bonds. The quantitative estimate of drug-likeness (QED) is 0.645. The molecule has 1 aromatic rings. The van der Waals surface area contributed by atoms with E-state index in [4.69, 9.17) is 13.9 Å². The normalized spacial score (nSPS) is 12.9. The average molecular weight is 440 g/mol. The fraction of sp³-hybridized carbons (Fsp3) is 0.619. The van der Waals surface area contributed by atoms with Crippen molar-refractivity contribution in [3.05, 3.63) is 23.8 Å². The van der Waals surface area contributed by atoms with Gasteiger partial charge in [0.2, 0.25) is 0 Å². The molecule has 0 aliphatic carbocycles. The summed E-state index contributed by atoms with van der Waals surface area (Å²) < 4.78 is 17.3. The number of carbonyl (C=O) groups is 2. The van der Waals surface area contributed by atoms with E-state index in [0.29, 0.717) is 6.54 Å². The van der Waals surface area contributed by atoms with Crippen molar-refractivity contribution in [1.29, 1.82) is 0 Å². The largest absolute Gasteiger partial charge is 0.414 e. The molecule has 8 nitrogen and oxygen atoms in total. The predicted molar refractivity (Wildman–Crippen MR) is 121 cm³/mol. The van der Waals surface area contributed by atoms with E-state index >= 15 is 0 Å². The zero-order valence-corrected chi connectivity index (χ0v) is 21.0. The molecule has 1 rings (SSSR count). The minimum absolute atomic E-state index is 0.101. The van der Waals surface area contributed by atoms with E-state index in [1.165, 1.54) is 15.9 Å². The summed E-state index contributed by atoms with van der Waals surface area (Å²) in [7, 11) is 4.50. The summed E-state index contributed by atoms with van der Waals surface area (Å²) in [5.41, 5.74) is 0.663. The maximum Gasteiger partial charge on any atom is 0.414 e. The van der Waals surface area contributed by atoms with E-state index in [-0.39, 0.29) is 23.1 Å². The van der Waals surface area contributed by atoms with Gasteiger partial charge in [0, 0.05) is 46.3 Å². The van der Waals surface area contributed by atoms with Crippen LogP contribution in [0, 0.1) is 0 Å². The van der Waals surface area contributed by atoms with Crippen molar-refractivity contribution in [2.24, 2.45) is 0 Å². The Morgan fingerprint density at radius 3 is 1.70 bits per heavy atom. The number of ether oxygens (including phenoxy) is 2. The number of rotatable bonds is 7. The minimum atomic E-state index is -1.91. The SMILES string of the molecule is CN(C)C(=O)Oc1cc(OC(=O)N(C)C)cc(C(CNC(C)(C)C)O[Si](C)(C)C)c1. The molecular formula is C21H37N3O5Si. The molecule has 9 heteroatoms. The molecule has 0 saturated carbocycles. The summed E-state index contributed by atoms with van der Waals surface area (Å²) in [6.07, 6.45) is -1.34. The Bertz CT molecular complexity index is 699. The third-order valence-corrected chi connectivity index (χ3v) is 4.72. The first-order valence-corrected chi connectivity index (χ1v) is 13.3. The van der Waals surface area contributed by atoms with Gasteiger partial charge in [0.15, 0.2) is 8.32 Å². The number of amides is 2. The zero-order chi connectivity index (χ0) is 23.3. The number of hydrogen-bond acceptors (Lipinski definition) is 6. The van der Waals surface area contributed by atoms with Gasteiger partial charge in [-0.1, -0.05) is 0 Å². The zero-order valence-electron chi connectivity index (χ0n) is 20.0. The third-order valence-electron chi connectivity index (χ3n) is 3.73. The van der Waals surface area contributed by atoms with Crippen LogP contribution in [0.15, 0.2) is 18.2 Å². The third kappa shape index (κ3) is 9.60. The Hall–Kier alpha value is -2.10. The smallest absolute Gasteiger partial charge is 0.410 e. The van der Waals surface area contributed by atoms with E-state index in [0.717, 1.165) is 5.56 Å². The van der Waals surface area contributed by atoms with Crippen molar-refractivity contribution in [1.82, 2.24) is 15.1 Å². The molecule has 30 heavy (non-hydrogen) atoms. The molecule has 0 fully saturated rings. The maximum absolute atomic E-state index is 12.1. The lowest BCUT2D eigenvalue weighted by molar-refractivity contribution is 0.167. The summed E-state index contributed by atoms with van der Waals surface area (Å²) in [5, 5.41) is 3.47. The van der Waals surface area contributed by atoms with Gasteiger partial charge in [-0.15, -0.1) is 0 Å². The monoisotopic (exact) mass is 439 g/mol. The summed E-state index contributed by atoms with van der Waals surface area (Å²) in [4.78, 5) is 26.8. The van der Waals surface area contributed by atoms with Gasteiger partial charge in [-0.2, -0.15) is 0 Å². The van der Waals surface area contributed by atoms with Crippen LogP contribution in [0.25, 0.3) is 0 Å². The molecule has 170 valence electrons. The molecule has 1 aromatic carbocycles. The van der Waals surface area contributed by atoms with Crippen LogP contribution in [0.4, 0.5) is 9.59 Å². The Labute approximate surface area is 181 Å². The van der Waals surface area contributed by atoms with Crippen molar-refractivity contribution in [3.8, 4) is 11.5 Å². The minimum Gasteiger partial charge on any atom is -0.410 e. The Morgan fingerprint density at radius 2 is 1.37 bits per heavy atom. The lowest BCUT2D eigenvalue weighted by Crippen LogP contribution is -2.41. The van der Waals surface area contributed by atoms with E-state index < -0.39 is 20.5 Å². The number of hydrogen-bond donors (Lipinski definition) is 1. The molecule has 0 aliphatic rings. The van der Waals surface area contributed by atoms with Crippen molar-refractivity contribution in [2.45, 2.75) is 52.1 Å². The van der Waals surface area contributed by atoms with Gasteiger partial charge in [0.05, 0.1) is 6.10 Å². The highest BCUT2D eigenvalue weighted by Gasteiger charge is 2.25. The second-order valence-corrected chi connectivity index (χ2v) is 14.1. The summed E-state index contributed by atoms with van der Waals surface area (Å²) in [6.45, 7) is 13.1. The van der Waals surface area contributed by atoms with Crippen LogP contribution in [0.2, 0.25) is 19.6 Å². The van der Waals surface area contributed by atoms with Gasteiger partial charge in [0.1, 0.15) is 11.5 Å². The van der Waals surface area contributed by atoms with Crippen molar-refractivity contribution in [2.75, 3.05) is 34.7 Å². The molecule has 1 unspecified atom stereocenters. The van der Waals surface area contributed by atoms with Crippen LogP contribution in [0.1, 0.15) is 32.4 Å². The van der Waals surface area contributed by atoms with E-state index in [1.54, 1.807) is 40.3 Å². The second-order valence-electron chi connectivity index (χ2n) is 9.61. The Morgan fingerprint density at radius 1 is 0.933 bits per heavy atom. The lowest BCUT2D eigenvalue weighted by atomic mass is 10.1. The number of nitrogens with zero attached hydrogens (tertiary/aromatic N) is 2. The van der Waals surface area contributed by atoms with Crippen LogP contribution in [0.5, 0.6) is 11.5 Å². The number of benzene rings is 1. The predicted octanol–water partition coefficient (Wildman–Crippen LogP) is 4.09. The standard InChI is InChI=1S/C21H37N3O5Si/c1-21(2,3)22-14-18(29-30(8,9)10)15-11-16(27-19(25)23(4)5)13-17(12-15)28-20(26)24(6)7/h11-13,18,22H,14H2,1-10H3. The molecule has 1 atom stereocenters. The van der Waals surface area contributed by atoms with Crippen molar-refractivity contribution >= 4 is 20.5 Å². The van der Waals surface area contributed by atoms with Gasteiger partial charge in [-0.3, -0.25) is 0 Å². The summed E-state index contributed by atoms with van der Waals surface area (Å²) in [5.74, 6) is 0.570. The fourth-order valence-corrected chi connectivity index (χ4v) is 3.41. The van der Waals surface area contributed by atoms with Crippen LogP contribution in [-0.4, -0.2) is 70.6 Å². The number of nitrogens with one attached hydrogen (secondary N) is 1. The van der Waals surface area contributed by atoms with Gasteiger partial charge < -0.3 is 29.0 Å². The first kappa shape index (κ1) is 25.9. The van der Waals surface area contributed by atoms with E-state index in [1.807, 2.05) is 0 Å². The van der Waals surface area contributed by atoms with Gasteiger partial charge in [-0.25, -0.2) is 9.59 Å². The molecule has 1 N–H and O–H groups in total. The van der Waals surface area contributed by atoms with Crippen LogP contribution >= 0.6 is 0 Å². The maximum atomic E-state index is 12.1. The van der Waals surface area contributed by atoms with E-state index in [9.17, 15) is 9.59 Å². The summed E-state index contributed by atoms with van der Waals surface area (Å²) in [6, 6.07) is 5.03. The van der Waals surface area contributed by atoms with Gasteiger partial charge in [0.25, 0.3) is 0 Å². The Kier molecular flexibility index (Phi) is 8.88. The van der Waals surface area contributed by atoms with Crippen LogP contribution in [-0.2, 0) is 4.43 Å². The highest BCUT2D eigenvalue weighted by molar-refractivity contribution is 6.69. The molecule has 0 heterocycles. The molecule has 0 aromatic heterocycles. The first-order chi connectivity index (χ1) is 13.6. The van der Waals surface area contributed by atoms with Crippen molar-refractivity contribution < 1.29 is 23.5 Å². The van der Waals surface area contributed by atoms with E-state index in [2.05, 4.69) is 45.7 Å². The molecular weight excluding hydrogens is 402 g/mol. The van der Waals surface area contributed by atoms with Crippen molar-refractivity contribution in [3.63, 3.8) is 0 Å². The lowest BCUT2D eigenvalue weighted by Gasteiger charge is -2.31. The highest BCUT2D eigenvalue weighted by Crippen LogP contribution is 2.31. The molecule has 0 spiro atoms. The van der Waals surface area contributed by atoms with Crippen LogP contribution < -0.4 is 14.8 Å². The average Bonchev–Trinajstić information content (AvgIpc) is 2.56. The molecule has 0 bridgehead atoms. The van der Waals surface area contributed by atoms with Gasteiger partial charge >= 0.3 is 12.2 Å². The topological polar surface area (TPSA) is 80.3 Å². The highest BCUT2D eigenvalue weighted by atomic mass is 28.4. The first-order valence-electron chi connectivity index (χ1n) is 9.93. The molecule has 0 aliphatic heterocycles. The second kappa shape index (κ2) is 10.3. The Balaban J connectivity index is 3.36. The summed E-state index contributed by atoms with van der Waals surface area (Å²) >= 11 is 0. The fourth-order valence-electron chi connectivity index (χ4n) is 2.33. The van der Waals surface area contributed by atoms with Crippen LogP contribution in [0.3, 0.4) is 0 Å². The van der Waals surface area contributed by atoms with Gasteiger partial charge in [-0.05, 0) is 58.1 Å².